The van der Waals surface area contributed by atoms with Crippen LogP contribution in [0.25, 0.3) is 0 Å². The molecule has 0 aliphatic carbocycles. The molecule has 0 radical (unpaired) electrons. The van der Waals surface area contributed by atoms with Crippen LogP contribution in [-0.2, 0) is 6.42 Å². The van der Waals surface area contributed by atoms with Crippen LogP contribution in [0.3, 0.4) is 0 Å². The molecule has 3 fully saturated rings. The molecule has 2 bridgehead atoms. The summed E-state index contributed by atoms with van der Waals surface area (Å²) >= 11 is 0. The molecule has 0 aromatic heterocycles. The zero-order valence-electron chi connectivity index (χ0n) is 21.1. The highest BCUT2D eigenvalue weighted by atomic mass is 35.5. The molecule has 200 valence electrons. The van der Waals surface area contributed by atoms with Gasteiger partial charge in [-0.25, -0.2) is 0 Å². The topological polar surface area (TPSA) is 95.3 Å². The zero-order chi connectivity index (χ0) is 24.1. The number of nitrogens with two attached hydrogens (primary N) is 1. The molecule has 3 heterocycles. The van der Waals surface area contributed by atoms with Gasteiger partial charge in [0.15, 0.2) is 11.5 Å². The number of ether oxygens (including phenoxy) is 4. The molecule has 3 aliphatic rings. The standard InChI is InChI=1S/C26H35N3O5.2ClH/c1-31-23-21(26(30)28-16-19-14-18-9-12-29(19)13-10-18)15-22(24(32-2)25(23)33-3)34-20-6-4-17(5-7-20)8-11-27;;/h4-7,15,18-19H,8-14,16,27H2,1-3H3,(H,28,30);2*1H. The van der Waals surface area contributed by atoms with Gasteiger partial charge in [0, 0.05) is 18.7 Å². The molecule has 8 nitrogen and oxygen atoms in total. The molecular weight excluding hydrogens is 505 g/mol. The van der Waals surface area contributed by atoms with Gasteiger partial charge < -0.3 is 30.0 Å². The number of nitrogens with zero attached hydrogens (tertiary/aromatic N) is 1. The lowest BCUT2D eigenvalue weighted by Crippen LogP contribution is -2.53. The minimum atomic E-state index is -0.233. The van der Waals surface area contributed by atoms with Gasteiger partial charge in [0.25, 0.3) is 5.91 Å². The molecule has 36 heavy (non-hydrogen) atoms. The minimum Gasteiger partial charge on any atom is -0.492 e. The van der Waals surface area contributed by atoms with Crippen molar-refractivity contribution in [2.45, 2.75) is 31.7 Å². The lowest BCUT2D eigenvalue weighted by molar-refractivity contribution is 0.0481. The minimum absolute atomic E-state index is 0. The first-order valence-electron chi connectivity index (χ1n) is 11.9. The summed E-state index contributed by atoms with van der Waals surface area (Å²) in [6, 6.07) is 9.70. The average Bonchev–Trinajstić information content (AvgIpc) is 2.88. The molecule has 2 aromatic carbocycles. The van der Waals surface area contributed by atoms with E-state index in [0.29, 0.717) is 53.4 Å². The average molecular weight is 543 g/mol. The van der Waals surface area contributed by atoms with Crippen LogP contribution in [0.5, 0.6) is 28.7 Å². The smallest absolute Gasteiger partial charge is 0.255 e. The maximum Gasteiger partial charge on any atom is 0.255 e. The van der Waals surface area contributed by atoms with Crippen molar-refractivity contribution in [3.05, 3.63) is 41.5 Å². The Bertz CT molecular complexity index is 998. The van der Waals surface area contributed by atoms with Gasteiger partial charge in [-0.3, -0.25) is 9.69 Å². The number of benzene rings is 2. The van der Waals surface area contributed by atoms with Crippen LogP contribution >= 0.6 is 24.8 Å². The fraction of sp³-hybridized carbons (Fsp3) is 0.500. The molecule has 3 saturated heterocycles. The van der Waals surface area contributed by atoms with Crippen LogP contribution < -0.4 is 30.0 Å². The van der Waals surface area contributed by atoms with E-state index in [-0.39, 0.29) is 30.7 Å². The van der Waals surface area contributed by atoms with Crippen molar-refractivity contribution in [1.29, 1.82) is 0 Å². The summed E-state index contributed by atoms with van der Waals surface area (Å²) in [5.41, 5.74) is 7.11. The van der Waals surface area contributed by atoms with E-state index >= 15 is 0 Å². The van der Waals surface area contributed by atoms with Crippen molar-refractivity contribution in [1.82, 2.24) is 10.2 Å². The van der Waals surface area contributed by atoms with E-state index in [1.807, 2.05) is 24.3 Å². The van der Waals surface area contributed by atoms with Gasteiger partial charge in [0.1, 0.15) is 5.75 Å². The Kier molecular flexibility index (Phi) is 11.4. The number of carbonyl (C=O) groups excluding carboxylic acids is 1. The highest BCUT2D eigenvalue weighted by Crippen LogP contribution is 2.48. The number of carbonyl (C=O) groups is 1. The number of hydrogen-bond donors (Lipinski definition) is 2. The predicted octanol–water partition coefficient (Wildman–Crippen LogP) is 4.06. The van der Waals surface area contributed by atoms with E-state index in [1.165, 1.54) is 34.2 Å². The SMILES string of the molecule is COc1c(Oc2ccc(CCN)cc2)cc(C(=O)NCC2CC3CCN2CC3)c(OC)c1OC.Cl.Cl. The Morgan fingerprint density at radius 3 is 2.17 bits per heavy atom. The first-order chi connectivity index (χ1) is 16.6. The van der Waals surface area contributed by atoms with Crippen LogP contribution in [0.15, 0.2) is 30.3 Å². The second-order valence-corrected chi connectivity index (χ2v) is 8.89. The highest BCUT2D eigenvalue weighted by Gasteiger charge is 2.34. The second-order valence-electron chi connectivity index (χ2n) is 8.89. The third-order valence-electron chi connectivity index (χ3n) is 6.87. The number of rotatable bonds is 10. The van der Waals surface area contributed by atoms with Crippen LogP contribution in [0.4, 0.5) is 0 Å². The van der Waals surface area contributed by atoms with Crippen molar-refractivity contribution >= 4 is 30.7 Å². The molecule has 1 atom stereocenters. The number of amides is 1. The van der Waals surface area contributed by atoms with E-state index in [4.69, 9.17) is 24.7 Å². The molecule has 3 aliphatic heterocycles. The predicted molar refractivity (Wildman–Crippen MR) is 145 cm³/mol. The first kappa shape index (κ1) is 29.8. The fourth-order valence-electron chi connectivity index (χ4n) is 5.05. The van der Waals surface area contributed by atoms with Crippen molar-refractivity contribution < 1.29 is 23.7 Å². The third-order valence-corrected chi connectivity index (χ3v) is 6.87. The number of nitrogens with one attached hydrogen (secondary N) is 1. The first-order valence-corrected chi connectivity index (χ1v) is 11.9. The van der Waals surface area contributed by atoms with Gasteiger partial charge >= 0.3 is 0 Å². The molecule has 5 rings (SSSR count). The third kappa shape index (κ3) is 6.48. The number of halogens is 2. The number of piperidine rings is 3. The number of fused-ring (bicyclic) bond motifs is 3. The summed E-state index contributed by atoms with van der Waals surface area (Å²) in [5.74, 6) is 2.52. The number of hydrogen-bond acceptors (Lipinski definition) is 7. The molecule has 0 spiro atoms. The highest BCUT2D eigenvalue weighted by molar-refractivity contribution is 5.99. The second kappa shape index (κ2) is 13.8. The van der Waals surface area contributed by atoms with Gasteiger partial charge in [-0.05, 0) is 68.9 Å². The Morgan fingerprint density at radius 2 is 1.64 bits per heavy atom. The van der Waals surface area contributed by atoms with Crippen molar-refractivity contribution in [3.8, 4) is 28.7 Å². The van der Waals surface area contributed by atoms with E-state index in [9.17, 15) is 4.79 Å². The van der Waals surface area contributed by atoms with Gasteiger partial charge in [-0.2, -0.15) is 0 Å². The summed E-state index contributed by atoms with van der Waals surface area (Å²) in [5, 5.41) is 3.11. The largest absolute Gasteiger partial charge is 0.492 e. The summed E-state index contributed by atoms with van der Waals surface area (Å²) < 4.78 is 22.9. The Labute approximate surface area is 225 Å². The molecule has 1 unspecified atom stereocenters. The number of methoxy groups -OCH3 is 3. The summed E-state index contributed by atoms with van der Waals surface area (Å²) in [6.07, 6.45) is 4.46. The van der Waals surface area contributed by atoms with E-state index in [0.717, 1.165) is 37.4 Å². The summed E-state index contributed by atoms with van der Waals surface area (Å²) in [7, 11) is 4.55. The van der Waals surface area contributed by atoms with Crippen LogP contribution in [-0.4, -0.2) is 64.4 Å². The Hall–Kier alpha value is -2.39. The van der Waals surface area contributed by atoms with Crippen molar-refractivity contribution in [3.63, 3.8) is 0 Å². The Morgan fingerprint density at radius 1 is 1.00 bits per heavy atom. The molecule has 0 saturated carbocycles. The van der Waals surface area contributed by atoms with Gasteiger partial charge in [0.2, 0.25) is 11.5 Å². The normalized spacial score (nSPS) is 19.9. The van der Waals surface area contributed by atoms with Gasteiger partial charge in [0.05, 0.1) is 26.9 Å². The summed E-state index contributed by atoms with van der Waals surface area (Å²) in [4.78, 5) is 15.8. The Balaban J connectivity index is 0.00000228. The quantitative estimate of drug-likeness (QED) is 0.468. The van der Waals surface area contributed by atoms with Crippen molar-refractivity contribution in [2.24, 2.45) is 11.7 Å². The van der Waals surface area contributed by atoms with Crippen molar-refractivity contribution in [2.75, 3.05) is 47.5 Å². The molecule has 10 heteroatoms. The van der Waals surface area contributed by atoms with Crippen LogP contribution in [0.1, 0.15) is 35.2 Å². The lowest BCUT2D eigenvalue weighted by atomic mass is 9.83. The molecule has 1 amide bonds. The monoisotopic (exact) mass is 541 g/mol. The zero-order valence-corrected chi connectivity index (χ0v) is 22.7. The lowest BCUT2D eigenvalue weighted by Gasteiger charge is -2.45. The maximum absolute atomic E-state index is 13.3. The fourth-order valence-corrected chi connectivity index (χ4v) is 5.05. The van der Waals surface area contributed by atoms with Gasteiger partial charge in [-0.1, -0.05) is 12.1 Å². The van der Waals surface area contributed by atoms with E-state index in [1.54, 1.807) is 6.07 Å². The summed E-state index contributed by atoms with van der Waals surface area (Å²) in [6.45, 7) is 3.42. The van der Waals surface area contributed by atoms with Gasteiger partial charge in [-0.15, -0.1) is 24.8 Å². The van der Waals surface area contributed by atoms with Crippen LogP contribution in [0, 0.1) is 5.92 Å². The van der Waals surface area contributed by atoms with Crippen LogP contribution in [0.2, 0.25) is 0 Å². The molecule has 3 N–H and O–H groups in total. The maximum atomic E-state index is 13.3. The molecular formula is C26H37Cl2N3O5. The van der Waals surface area contributed by atoms with E-state index < -0.39 is 0 Å². The molecule has 2 aromatic rings. The van der Waals surface area contributed by atoms with E-state index in [2.05, 4.69) is 10.2 Å².